The zero-order valence-electron chi connectivity index (χ0n) is 15.7. The number of nitrogens with one attached hydrogen (secondary N) is 1. The van der Waals surface area contributed by atoms with Crippen molar-refractivity contribution in [3.63, 3.8) is 0 Å². The highest BCUT2D eigenvalue weighted by atomic mass is 35.5. The standard InChI is InChI=1S/C20H30N2O2.ClH/c1-12-5-6-15(16(9-12)24-20(2,3)4)11-22-19(23)17-13-7-8-14(10-13)18(17)21;/h5-6,9,13-14,17-18H,7-8,10-11,21H2,1-4H3,(H,22,23);1H. The van der Waals surface area contributed by atoms with Crippen molar-refractivity contribution in [2.75, 3.05) is 0 Å². The number of carbonyl (C=O) groups is 1. The predicted molar refractivity (Wildman–Crippen MR) is 103 cm³/mol. The second-order valence-corrected chi connectivity index (χ2v) is 8.48. The normalized spacial score (nSPS) is 27.7. The molecular weight excluding hydrogens is 336 g/mol. The molecule has 3 rings (SSSR count). The van der Waals surface area contributed by atoms with Gasteiger partial charge in [-0.15, -0.1) is 12.4 Å². The second kappa shape index (κ2) is 7.55. The van der Waals surface area contributed by atoms with Gasteiger partial charge < -0.3 is 15.8 Å². The van der Waals surface area contributed by atoms with Crippen LogP contribution >= 0.6 is 12.4 Å². The zero-order valence-corrected chi connectivity index (χ0v) is 16.5. The average molecular weight is 367 g/mol. The lowest BCUT2D eigenvalue weighted by Gasteiger charge is -2.27. The molecular formula is C20H31ClN2O2. The fourth-order valence-corrected chi connectivity index (χ4v) is 4.26. The first kappa shape index (κ1) is 20.1. The Morgan fingerprint density at radius 2 is 1.96 bits per heavy atom. The van der Waals surface area contributed by atoms with Gasteiger partial charge in [0.15, 0.2) is 0 Å². The van der Waals surface area contributed by atoms with Crippen molar-refractivity contribution in [3.05, 3.63) is 29.3 Å². The van der Waals surface area contributed by atoms with Crippen LogP contribution in [-0.2, 0) is 11.3 Å². The van der Waals surface area contributed by atoms with Crippen molar-refractivity contribution in [1.82, 2.24) is 5.32 Å². The van der Waals surface area contributed by atoms with Gasteiger partial charge in [0.1, 0.15) is 11.4 Å². The first-order valence-corrected chi connectivity index (χ1v) is 9.06. The molecule has 0 saturated heterocycles. The Hall–Kier alpha value is -1.26. The van der Waals surface area contributed by atoms with Crippen molar-refractivity contribution in [2.24, 2.45) is 23.5 Å². The SMILES string of the molecule is Cc1ccc(CNC(=O)C2C3CCC(C3)C2N)c(OC(C)(C)C)c1.Cl. The molecule has 0 spiro atoms. The van der Waals surface area contributed by atoms with Crippen LogP contribution in [0, 0.1) is 24.7 Å². The van der Waals surface area contributed by atoms with Crippen molar-refractivity contribution < 1.29 is 9.53 Å². The van der Waals surface area contributed by atoms with Crippen LogP contribution in [0.5, 0.6) is 5.75 Å². The van der Waals surface area contributed by atoms with Crippen LogP contribution < -0.4 is 15.8 Å². The third-order valence-electron chi connectivity index (χ3n) is 5.38. The maximum Gasteiger partial charge on any atom is 0.225 e. The first-order valence-electron chi connectivity index (χ1n) is 9.06. The molecule has 2 saturated carbocycles. The molecule has 3 N–H and O–H groups in total. The van der Waals surface area contributed by atoms with E-state index in [0.29, 0.717) is 18.4 Å². The van der Waals surface area contributed by atoms with E-state index in [9.17, 15) is 4.79 Å². The third kappa shape index (κ3) is 4.48. The number of rotatable bonds is 4. The van der Waals surface area contributed by atoms with Crippen LogP contribution in [0.3, 0.4) is 0 Å². The summed E-state index contributed by atoms with van der Waals surface area (Å²) in [5.41, 5.74) is 8.18. The number of hydrogen-bond acceptors (Lipinski definition) is 3. The summed E-state index contributed by atoms with van der Waals surface area (Å²) in [6.07, 6.45) is 3.47. The van der Waals surface area contributed by atoms with Crippen LogP contribution in [-0.4, -0.2) is 17.6 Å². The molecule has 1 amide bonds. The maximum absolute atomic E-state index is 12.7. The van der Waals surface area contributed by atoms with E-state index in [-0.39, 0.29) is 35.9 Å². The number of carbonyl (C=O) groups excluding carboxylic acids is 1. The van der Waals surface area contributed by atoms with E-state index in [1.807, 2.05) is 39.8 Å². The second-order valence-electron chi connectivity index (χ2n) is 8.48. The summed E-state index contributed by atoms with van der Waals surface area (Å²) in [5.74, 6) is 1.97. The Bertz CT molecular complexity index is 625. The smallest absolute Gasteiger partial charge is 0.225 e. The number of halogens is 1. The Morgan fingerprint density at radius 3 is 2.56 bits per heavy atom. The largest absolute Gasteiger partial charge is 0.488 e. The number of ether oxygens (including phenoxy) is 1. The summed E-state index contributed by atoms with van der Waals surface area (Å²) in [5, 5.41) is 3.10. The van der Waals surface area contributed by atoms with E-state index in [2.05, 4.69) is 11.4 Å². The molecule has 1 aromatic rings. The molecule has 2 aliphatic rings. The molecule has 0 aromatic heterocycles. The lowest BCUT2D eigenvalue weighted by Crippen LogP contribution is -2.45. The number of amides is 1. The molecule has 140 valence electrons. The minimum atomic E-state index is -0.264. The molecule has 0 radical (unpaired) electrons. The quantitative estimate of drug-likeness (QED) is 0.855. The van der Waals surface area contributed by atoms with Crippen LogP contribution in [0.2, 0.25) is 0 Å². The molecule has 0 aliphatic heterocycles. The number of nitrogens with two attached hydrogens (primary N) is 1. The minimum absolute atomic E-state index is 0. The minimum Gasteiger partial charge on any atom is -0.488 e. The summed E-state index contributed by atoms with van der Waals surface area (Å²) < 4.78 is 6.07. The van der Waals surface area contributed by atoms with Crippen molar-refractivity contribution in [2.45, 2.75) is 65.1 Å². The topological polar surface area (TPSA) is 64.4 Å². The van der Waals surface area contributed by atoms with Gasteiger partial charge in [-0.3, -0.25) is 4.79 Å². The van der Waals surface area contributed by atoms with Crippen LogP contribution in [0.15, 0.2) is 18.2 Å². The Kier molecular flexibility index (Phi) is 6.05. The molecule has 2 fully saturated rings. The van der Waals surface area contributed by atoms with E-state index in [1.54, 1.807) is 0 Å². The fourth-order valence-electron chi connectivity index (χ4n) is 4.26. The summed E-state index contributed by atoms with van der Waals surface area (Å²) in [4.78, 5) is 12.7. The van der Waals surface area contributed by atoms with Gasteiger partial charge in [-0.1, -0.05) is 12.1 Å². The fraction of sp³-hybridized carbons (Fsp3) is 0.650. The summed E-state index contributed by atoms with van der Waals surface area (Å²) in [6.45, 7) is 8.64. The number of aryl methyl sites for hydroxylation is 1. The van der Waals surface area contributed by atoms with Gasteiger partial charge in [-0.05, 0) is 70.4 Å². The predicted octanol–water partition coefficient (Wildman–Crippen LogP) is 3.58. The summed E-state index contributed by atoms with van der Waals surface area (Å²) >= 11 is 0. The Morgan fingerprint density at radius 1 is 1.28 bits per heavy atom. The van der Waals surface area contributed by atoms with Crippen molar-refractivity contribution in [3.8, 4) is 5.75 Å². The molecule has 4 unspecified atom stereocenters. The Balaban J connectivity index is 0.00000225. The summed E-state index contributed by atoms with van der Waals surface area (Å²) in [7, 11) is 0. The van der Waals surface area contributed by atoms with Gasteiger partial charge in [-0.2, -0.15) is 0 Å². The van der Waals surface area contributed by atoms with Crippen LogP contribution in [0.1, 0.15) is 51.2 Å². The third-order valence-corrected chi connectivity index (χ3v) is 5.38. The first-order chi connectivity index (χ1) is 11.2. The lowest BCUT2D eigenvalue weighted by molar-refractivity contribution is -0.127. The monoisotopic (exact) mass is 366 g/mol. The van der Waals surface area contributed by atoms with E-state index in [1.165, 1.54) is 6.42 Å². The highest BCUT2D eigenvalue weighted by Gasteiger charge is 2.48. The molecule has 2 aliphatic carbocycles. The highest BCUT2D eigenvalue weighted by Crippen LogP contribution is 2.47. The van der Waals surface area contributed by atoms with Gasteiger partial charge >= 0.3 is 0 Å². The zero-order chi connectivity index (χ0) is 17.5. The van der Waals surface area contributed by atoms with Crippen molar-refractivity contribution in [1.29, 1.82) is 0 Å². The van der Waals surface area contributed by atoms with Crippen LogP contribution in [0.25, 0.3) is 0 Å². The van der Waals surface area contributed by atoms with E-state index in [0.717, 1.165) is 29.7 Å². The number of hydrogen-bond donors (Lipinski definition) is 2. The highest BCUT2D eigenvalue weighted by molar-refractivity contribution is 5.85. The molecule has 0 heterocycles. The van der Waals surface area contributed by atoms with E-state index >= 15 is 0 Å². The van der Waals surface area contributed by atoms with Gasteiger partial charge in [0.2, 0.25) is 5.91 Å². The van der Waals surface area contributed by atoms with Gasteiger partial charge in [0, 0.05) is 18.2 Å². The number of benzene rings is 1. The number of fused-ring (bicyclic) bond motifs is 2. The average Bonchev–Trinajstić information content (AvgIpc) is 3.05. The molecule has 4 atom stereocenters. The lowest BCUT2D eigenvalue weighted by atomic mass is 9.84. The van der Waals surface area contributed by atoms with E-state index in [4.69, 9.17) is 10.5 Å². The van der Waals surface area contributed by atoms with Gasteiger partial charge in [0.05, 0.1) is 5.92 Å². The van der Waals surface area contributed by atoms with Gasteiger partial charge in [0.25, 0.3) is 0 Å². The molecule has 4 nitrogen and oxygen atoms in total. The van der Waals surface area contributed by atoms with Crippen LogP contribution in [0.4, 0.5) is 0 Å². The van der Waals surface area contributed by atoms with Gasteiger partial charge in [-0.25, -0.2) is 0 Å². The Labute approximate surface area is 157 Å². The molecule has 2 bridgehead atoms. The molecule has 5 heteroatoms. The van der Waals surface area contributed by atoms with Crippen molar-refractivity contribution >= 4 is 18.3 Å². The molecule has 1 aromatic carbocycles. The maximum atomic E-state index is 12.7. The summed E-state index contributed by atoms with van der Waals surface area (Å²) in [6, 6.07) is 6.17. The molecule has 25 heavy (non-hydrogen) atoms. The van der Waals surface area contributed by atoms with E-state index < -0.39 is 0 Å².